The third-order valence-electron chi connectivity index (χ3n) is 5.79. The Morgan fingerprint density at radius 3 is 3.03 bits per heavy atom. The van der Waals surface area contributed by atoms with Crippen LogP contribution in [-0.2, 0) is 16.1 Å². The minimum Gasteiger partial charge on any atom is -0.489 e. The number of amides is 1. The monoisotopic (exact) mass is 450 g/mol. The smallest absolute Gasteiger partial charge is 0.262 e. The second-order valence-electron chi connectivity index (χ2n) is 8.13. The minimum atomic E-state index is -0.128. The number of hydrogen-bond acceptors (Lipinski definition) is 8. The molecule has 5 rings (SSSR count). The van der Waals surface area contributed by atoms with E-state index in [0.717, 1.165) is 29.6 Å². The van der Waals surface area contributed by atoms with Gasteiger partial charge < -0.3 is 29.6 Å². The van der Waals surface area contributed by atoms with Gasteiger partial charge >= 0.3 is 0 Å². The Kier molecular flexibility index (Phi) is 6.23. The normalized spacial score (nSPS) is 20.0. The van der Waals surface area contributed by atoms with Crippen LogP contribution >= 0.6 is 0 Å². The standard InChI is InChI=1S/C24H26N4O5/c1-30-23-11-26-18-3-2-4-21(24(18)28-23)32-13-17-7-6-16(12-31-17)25-10-15-5-8-20-19(9-15)27-22(29)14-33-20/h2-5,8-9,11,16-17,25H,6-7,10,12-14H2,1H3,(H,27,29)/t16-,17+/m1/s1. The summed E-state index contributed by atoms with van der Waals surface area (Å²) in [6.45, 7) is 1.82. The van der Waals surface area contributed by atoms with Crippen molar-refractivity contribution in [1.82, 2.24) is 15.3 Å². The van der Waals surface area contributed by atoms with E-state index in [1.165, 1.54) is 0 Å². The summed E-state index contributed by atoms with van der Waals surface area (Å²) in [4.78, 5) is 20.3. The van der Waals surface area contributed by atoms with Gasteiger partial charge in [-0.3, -0.25) is 4.79 Å². The molecule has 0 unspecified atom stereocenters. The Balaban J connectivity index is 1.11. The van der Waals surface area contributed by atoms with Crippen molar-refractivity contribution in [2.45, 2.75) is 31.5 Å². The number of carbonyl (C=O) groups is 1. The third kappa shape index (κ3) is 4.99. The van der Waals surface area contributed by atoms with Gasteiger partial charge in [0.1, 0.15) is 23.6 Å². The van der Waals surface area contributed by atoms with Gasteiger partial charge in [-0.05, 0) is 42.7 Å². The van der Waals surface area contributed by atoms with Crippen LogP contribution in [0.1, 0.15) is 18.4 Å². The van der Waals surface area contributed by atoms with Gasteiger partial charge in [-0.1, -0.05) is 12.1 Å². The highest BCUT2D eigenvalue weighted by atomic mass is 16.5. The van der Waals surface area contributed by atoms with Crippen LogP contribution in [-0.4, -0.2) is 55.0 Å². The molecule has 1 aromatic heterocycles. The number of anilines is 1. The molecule has 0 aliphatic carbocycles. The molecule has 0 saturated carbocycles. The molecule has 3 heterocycles. The van der Waals surface area contributed by atoms with Gasteiger partial charge in [0, 0.05) is 12.6 Å². The molecule has 1 saturated heterocycles. The lowest BCUT2D eigenvalue weighted by molar-refractivity contribution is -0.118. The lowest BCUT2D eigenvalue weighted by Crippen LogP contribution is -2.41. The van der Waals surface area contributed by atoms with Crippen LogP contribution < -0.4 is 24.8 Å². The Morgan fingerprint density at radius 2 is 2.18 bits per heavy atom. The van der Waals surface area contributed by atoms with Crippen molar-refractivity contribution in [3.63, 3.8) is 0 Å². The van der Waals surface area contributed by atoms with Crippen molar-refractivity contribution in [2.24, 2.45) is 0 Å². The zero-order chi connectivity index (χ0) is 22.6. The summed E-state index contributed by atoms with van der Waals surface area (Å²) in [6, 6.07) is 11.8. The molecule has 3 aromatic rings. The number of nitrogens with zero attached hydrogens (tertiary/aromatic N) is 2. The van der Waals surface area contributed by atoms with Crippen LogP contribution in [0, 0.1) is 0 Å². The number of carbonyl (C=O) groups excluding carboxylic acids is 1. The van der Waals surface area contributed by atoms with E-state index in [1.807, 2.05) is 36.4 Å². The summed E-state index contributed by atoms with van der Waals surface area (Å²) < 4.78 is 22.7. The third-order valence-corrected chi connectivity index (χ3v) is 5.79. The molecule has 1 fully saturated rings. The van der Waals surface area contributed by atoms with Crippen molar-refractivity contribution in [3.8, 4) is 17.4 Å². The molecule has 2 N–H and O–H groups in total. The SMILES string of the molecule is COc1cnc2cccc(OC[C@@H]3CC[C@@H](NCc4ccc5c(c4)NC(=O)CO5)CO3)c2n1. The first-order chi connectivity index (χ1) is 16.2. The van der Waals surface area contributed by atoms with Crippen LogP contribution in [0.25, 0.3) is 11.0 Å². The number of para-hydroxylation sites is 1. The molecule has 0 bridgehead atoms. The van der Waals surface area contributed by atoms with Crippen LogP contribution in [0.3, 0.4) is 0 Å². The summed E-state index contributed by atoms with van der Waals surface area (Å²) in [5.74, 6) is 1.70. The Hall–Kier alpha value is -3.43. The first-order valence-corrected chi connectivity index (χ1v) is 11.0. The van der Waals surface area contributed by atoms with Crippen LogP contribution in [0.4, 0.5) is 5.69 Å². The topological polar surface area (TPSA) is 104 Å². The second kappa shape index (κ2) is 9.60. The van der Waals surface area contributed by atoms with Crippen molar-refractivity contribution in [2.75, 3.05) is 32.2 Å². The molecule has 1 amide bonds. The van der Waals surface area contributed by atoms with Crippen molar-refractivity contribution >= 4 is 22.6 Å². The molecule has 9 heteroatoms. The quantitative estimate of drug-likeness (QED) is 0.566. The molecule has 2 aromatic carbocycles. The molecular weight excluding hydrogens is 424 g/mol. The maximum Gasteiger partial charge on any atom is 0.262 e. The molecule has 172 valence electrons. The average molecular weight is 450 g/mol. The van der Waals surface area contributed by atoms with E-state index in [2.05, 4.69) is 20.6 Å². The van der Waals surface area contributed by atoms with E-state index in [-0.39, 0.29) is 24.7 Å². The maximum absolute atomic E-state index is 11.5. The molecule has 2 atom stereocenters. The van der Waals surface area contributed by atoms with Crippen LogP contribution in [0.5, 0.6) is 17.4 Å². The largest absolute Gasteiger partial charge is 0.489 e. The van der Waals surface area contributed by atoms with E-state index in [4.69, 9.17) is 18.9 Å². The number of fused-ring (bicyclic) bond motifs is 2. The molecule has 2 aliphatic rings. The Morgan fingerprint density at radius 1 is 1.24 bits per heavy atom. The molecular formula is C24H26N4O5. The summed E-state index contributed by atoms with van der Waals surface area (Å²) >= 11 is 0. The van der Waals surface area contributed by atoms with Gasteiger partial charge in [0.15, 0.2) is 6.61 Å². The number of benzene rings is 2. The van der Waals surface area contributed by atoms with Crippen LogP contribution in [0.15, 0.2) is 42.6 Å². The predicted molar refractivity (Wildman–Crippen MR) is 122 cm³/mol. The van der Waals surface area contributed by atoms with Gasteiger partial charge in [0.05, 0.1) is 37.2 Å². The number of rotatable bonds is 7. The summed E-state index contributed by atoms with van der Waals surface area (Å²) in [6.07, 6.45) is 3.50. The molecule has 33 heavy (non-hydrogen) atoms. The minimum absolute atomic E-state index is 0.0213. The van der Waals surface area contributed by atoms with Gasteiger partial charge in [-0.15, -0.1) is 0 Å². The summed E-state index contributed by atoms with van der Waals surface area (Å²) in [5.41, 5.74) is 3.24. The average Bonchev–Trinajstić information content (AvgIpc) is 2.86. The van der Waals surface area contributed by atoms with Crippen molar-refractivity contribution < 1.29 is 23.7 Å². The fraction of sp³-hybridized carbons (Fsp3) is 0.375. The number of aromatic nitrogens is 2. The Bertz CT molecular complexity index is 1150. The number of ether oxygens (including phenoxy) is 4. The molecule has 0 spiro atoms. The fourth-order valence-corrected chi connectivity index (χ4v) is 3.99. The van der Waals surface area contributed by atoms with Gasteiger partial charge in [0.2, 0.25) is 5.88 Å². The highest BCUT2D eigenvalue weighted by Gasteiger charge is 2.23. The lowest BCUT2D eigenvalue weighted by Gasteiger charge is -2.30. The second-order valence-corrected chi connectivity index (χ2v) is 8.13. The molecule has 9 nitrogen and oxygen atoms in total. The zero-order valence-corrected chi connectivity index (χ0v) is 18.4. The number of nitrogens with one attached hydrogen (secondary N) is 2. The van der Waals surface area contributed by atoms with E-state index < -0.39 is 0 Å². The predicted octanol–water partition coefficient (Wildman–Crippen LogP) is 2.69. The van der Waals surface area contributed by atoms with Crippen molar-refractivity contribution in [3.05, 3.63) is 48.2 Å². The highest BCUT2D eigenvalue weighted by Crippen LogP contribution is 2.29. The summed E-state index contributed by atoms with van der Waals surface area (Å²) in [5, 5.41) is 6.38. The fourth-order valence-electron chi connectivity index (χ4n) is 3.99. The van der Waals surface area contributed by atoms with Gasteiger partial charge in [-0.25, -0.2) is 9.97 Å². The van der Waals surface area contributed by atoms with Gasteiger partial charge in [0.25, 0.3) is 5.91 Å². The first-order valence-electron chi connectivity index (χ1n) is 11.0. The van der Waals surface area contributed by atoms with E-state index in [1.54, 1.807) is 13.3 Å². The molecule has 0 radical (unpaired) electrons. The summed E-state index contributed by atoms with van der Waals surface area (Å²) in [7, 11) is 1.57. The Labute approximate surface area is 191 Å². The highest BCUT2D eigenvalue weighted by molar-refractivity contribution is 5.95. The van der Waals surface area contributed by atoms with Gasteiger partial charge in [-0.2, -0.15) is 0 Å². The first kappa shape index (κ1) is 21.4. The van der Waals surface area contributed by atoms with E-state index >= 15 is 0 Å². The zero-order valence-electron chi connectivity index (χ0n) is 18.4. The maximum atomic E-state index is 11.5. The van der Waals surface area contributed by atoms with Crippen LogP contribution in [0.2, 0.25) is 0 Å². The lowest BCUT2D eigenvalue weighted by atomic mass is 10.0. The number of hydrogen-bond donors (Lipinski definition) is 2. The molecule has 2 aliphatic heterocycles. The van der Waals surface area contributed by atoms with Crippen molar-refractivity contribution in [1.29, 1.82) is 0 Å². The van der Waals surface area contributed by atoms with E-state index in [0.29, 0.717) is 42.7 Å². The number of methoxy groups -OCH3 is 1. The van der Waals surface area contributed by atoms with E-state index in [9.17, 15) is 4.79 Å².